The Hall–Kier alpha value is -2.64. The van der Waals surface area contributed by atoms with Crippen LogP contribution in [-0.4, -0.2) is 48.9 Å². The van der Waals surface area contributed by atoms with Gasteiger partial charge in [-0.05, 0) is 26.2 Å². The molecular formula is C21H28N6O2. The van der Waals surface area contributed by atoms with E-state index in [1.165, 1.54) is 0 Å². The summed E-state index contributed by atoms with van der Waals surface area (Å²) in [5, 5.41) is 3.22. The van der Waals surface area contributed by atoms with E-state index in [4.69, 9.17) is 0 Å². The Morgan fingerprint density at radius 2 is 2.10 bits per heavy atom. The predicted molar refractivity (Wildman–Crippen MR) is 106 cm³/mol. The van der Waals surface area contributed by atoms with Crippen molar-refractivity contribution in [2.24, 2.45) is 11.8 Å². The van der Waals surface area contributed by atoms with Gasteiger partial charge < -0.3 is 19.4 Å². The summed E-state index contributed by atoms with van der Waals surface area (Å²) in [6, 6.07) is 0.200. The molecule has 3 aliphatic rings. The molecule has 1 saturated carbocycles. The van der Waals surface area contributed by atoms with Gasteiger partial charge in [-0.3, -0.25) is 9.59 Å². The van der Waals surface area contributed by atoms with E-state index < -0.39 is 0 Å². The second-order valence-electron chi connectivity index (χ2n) is 9.12. The summed E-state index contributed by atoms with van der Waals surface area (Å²) in [4.78, 5) is 36.0. The fraction of sp³-hybridized carbons (Fsp3) is 0.619. The number of fused-ring (bicyclic) bond motifs is 2. The average molecular weight is 396 g/mol. The molecule has 4 heterocycles. The molecule has 1 N–H and O–H groups in total. The van der Waals surface area contributed by atoms with E-state index in [0.29, 0.717) is 24.7 Å². The van der Waals surface area contributed by atoms with Crippen LogP contribution in [0.4, 0.5) is 0 Å². The average Bonchev–Trinajstić information content (AvgIpc) is 3.01. The maximum atomic E-state index is 12.8. The SMILES string of the molecule is CC[C@@H]1C[C@H]1C(=O)NC1CC2(CN(C(=O)c3cn(C(C)C)cn3)C2)n2ccnc21. The molecule has 1 spiro atoms. The van der Waals surface area contributed by atoms with Crippen LogP contribution in [0.5, 0.6) is 0 Å². The van der Waals surface area contributed by atoms with Crippen LogP contribution in [0.3, 0.4) is 0 Å². The summed E-state index contributed by atoms with van der Waals surface area (Å²) in [7, 11) is 0. The Labute approximate surface area is 170 Å². The van der Waals surface area contributed by atoms with Gasteiger partial charge in [0.25, 0.3) is 5.91 Å². The number of imidazole rings is 2. The number of hydrogen-bond donors (Lipinski definition) is 1. The van der Waals surface area contributed by atoms with Crippen LogP contribution in [0.15, 0.2) is 24.9 Å². The van der Waals surface area contributed by atoms with E-state index in [0.717, 1.165) is 25.1 Å². The van der Waals surface area contributed by atoms with Crippen LogP contribution in [-0.2, 0) is 10.3 Å². The molecule has 2 aromatic heterocycles. The van der Waals surface area contributed by atoms with Crippen molar-refractivity contribution in [2.45, 2.75) is 57.7 Å². The quantitative estimate of drug-likeness (QED) is 0.839. The second kappa shape index (κ2) is 6.43. The monoisotopic (exact) mass is 396 g/mol. The number of nitrogens with one attached hydrogen (secondary N) is 1. The number of nitrogens with zero attached hydrogens (tertiary/aromatic N) is 5. The summed E-state index contributed by atoms with van der Waals surface area (Å²) in [5.41, 5.74) is 0.315. The molecule has 5 rings (SSSR count). The van der Waals surface area contributed by atoms with E-state index in [1.807, 2.05) is 21.9 Å². The van der Waals surface area contributed by atoms with Crippen molar-refractivity contribution in [2.75, 3.05) is 13.1 Å². The lowest BCUT2D eigenvalue weighted by molar-refractivity contribution is -0.123. The molecule has 2 fully saturated rings. The molecule has 3 atom stereocenters. The Kier molecular flexibility index (Phi) is 4.08. The van der Waals surface area contributed by atoms with E-state index in [1.54, 1.807) is 12.5 Å². The van der Waals surface area contributed by atoms with Gasteiger partial charge in [-0.25, -0.2) is 9.97 Å². The molecule has 1 saturated heterocycles. The maximum absolute atomic E-state index is 12.8. The first kappa shape index (κ1) is 18.4. The molecule has 154 valence electrons. The van der Waals surface area contributed by atoms with Crippen LogP contribution in [0.1, 0.15) is 68.4 Å². The number of carbonyl (C=O) groups is 2. The first-order valence-electron chi connectivity index (χ1n) is 10.6. The molecule has 2 aromatic rings. The molecule has 8 heteroatoms. The first-order valence-corrected chi connectivity index (χ1v) is 10.6. The van der Waals surface area contributed by atoms with Gasteiger partial charge in [-0.2, -0.15) is 0 Å². The predicted octanol–water partition coefficient (Wildman–Crippen LogP) is 2.12. The summed E-state index contributed by atoms with van der Waals surface area (Å²) < 4.78 is 4.11. The molecule has 8 nitrogen and oxygen atoms in total. The van der Waals surface area contributed by atoms with Crippen molar-refractivity contribution in [3.8, 4) is 0 Å². The summed E-state index contributed by atoms with van der Waals surface area (Å²) >= 11 is 0. The topological polar surface area (TPSA) is 85.0 Å². The Bertz CT molecular complexity index is 954. The Morgan fingerprint density at radius 3 is 2.76 bits per heavy atom. The largest absolute Gasteiger partial charge is 0.346 e. The van der Waals surface area contributed by atoms with Gasteiger partial charge in [0.2, 0.25) is 5.91 Å². The molecular weight excluding hydrogens is 368 g/mol. The fourth-order valence-electron chi connectivity index (χ4n) is 4.94. The zero-order valence-electron chi connectivity index (χ0n) is 17.2. The molecule has 1 unspecified atom stereocenters. The standard InChI is InChI=1S/C21H28N6O2/c1-4-14-7-15(14)19(28)24-16-8-21(27-6-5-22-18(16)27)10-26(11-21)20(29)17-9-25(12-23-17)13(2)3/h5-6,9,12-16H,4,7-8,10-11H2,1-3H3,(H,24,28)/t14-,15-,16?/m1/s1. The number of carbonyl (C=O) groups excluding carboxylic acids is 2. The molecule has 2 aliphatic heterocycles. The van der Waals surface area contributed by atoms with Gasteiger partial charge in [0.15, 0.2) is 0 Å². The van der Waals surface area contributed by atoms with Crippen LogP contribution >= 0.6 is 0 Å². The Morgan fingerprint density at radius 1 is 1.31 bits per heavy atom. The van der Waals surface area contributed by atoms with E-state index in [2.05, 4.69) is 40.6 Å². The lowest BCUT2D eigenvalue weighted by Gasteiger charge is -2.48. The number of hydrogen-bond acceptors (Lipinski definition) is 4. The van der Waals surface area contributed by atoms with Crippen molar-refractivity contribution in [1.82, 2.24) is 29.3 Å². The van der Waals surface area contributed by atoms with Crippen LogP contribution in [0.2, 0.25) is 0 Å². The normalized spacial score (nSPS) is 26.5. The van der Waals surface area contributed by atoms with Gasteiger partial charge in [0, 0.05) is 50.1 Å². The third-order valence-electron chi connectivity index (χ3n) is 6.85. The number of likely N-dealkylation sites (tertiary alicyclic amines) is 1. The number of amides is 2. The third kappa shape index (κ3) is 2.88. The highest BCUT2D eigenvalue weighted by Crippen LogP contribution is 2.46. The van der Waals surface area contributed by atoms with E-state index in [9.17, 15) is 9.59 Å². The highest BCUT2D eigenvalue weighted by atomic mass is 16.2. The fourth-order valence-corrected chi connectivity index (χ4v) is 4.94. The second-order valence-corrected chi connectivity index (χ2v) is 9.12. The lowest BCUT2D eigenvalue weighted by Crippen LogP contribution is -2.63. The zero-order chi connectivity index (χ0) is 20.3. The van der Waals surface area contributed by atoms with Crippen LogP contribution < -0.4 is 5.32 Å². The van der Waals surface area contributed by atoms with Crippen molar-refractivity contribution < 1.29 is 9.59 Å². The van der Waals surface area contributed by atoms with Gasteiger partial charge in [-0.15, -0.1) is 0 Å². The maximum Gasteiger partial charge on any atom is 0.274 e. The number of rotatable bonds is 5. The van der Waals surface area contributed by atoms with Crippen molar-refractivity contribution in [3.63, 3.8) is 0 Å². The third-order valence-corrected chi connectivity index (χ3v) is 6.85. The summed E-state index contributed by atoms with van der Waals surface area (Å²) in [5.74, 6) is 1.72. The summed E-state index contributed by atoms with van der Waals surface area (Å²) in [6.45, 7) is 7.51. The Balaban J connectivity index is 1.27. The first-order chi connectivity index (χ1) is 13.9. The summed E-state index contributed by atoms with van der Waals surface area (Å²) in [6.07, 6.45) is 10.1. The smallest absolute Gasteiger partial charge is 0.274 e. The molecule has 0 radical (unpaired) electrons. The minimum absolute atomic E-state index is 0.0343. The minimum Gasteiger partial charge on any atom is -0.346 e. The lowest BCUT2D eigenvalue weighted by atomic mass is 9.85. The van der Waals surface area contributed by atoms with Gasteiger partial charge in [0.1, 0.15) is 11.5 Å². The highest BCUT2D eigenvalue weighted by molar-refractivity contribution is 5.93. The van der Waals surface area contributed by atoms with Crippen LogP contribution in [0.25, 0.3) is 0 Å². The van der Waals surface area contributed by atoms with Crippen LogP contribution in [0, 0.1) is 11.8 Å². The van der Waals surface area contributed by atoms with Gasteiger partial charge in [-0.1, -0.05) is 13.3 Å². The van der Waals surface area contributed by atoms with Crippen molar-refractivity contribution in [3.05, 3.63) is 36.4 Å². The zero-order valence-corrected chi connectivity index (χ0v) is 17.2. The van der Waals surface area contributed by atoms with Crippen molar-refractivity contribution >= 4 is 11.8 Å². The molecule has 0 aromatic carbocycles. The molecule has 1 aliphatic carbocycles. The highest BCUT2D eigenvalue weighted by Gasteiger charge is 2.54. The molecule has 0 bridgehead atoms. The van der Waals surface area contributed by atoms with Crippen molar-refractivity contribution in [1.29, 1.82) is 0 Å². The van der Waals surface area contributed by atoms with Gasteiger partial charge >= 0.3 is 0 Å². The minimum atomic E-state index is -0.173. The molecule has 29 heavy (non-hydrogen) atoms. The van der Waals surface area contributed by atoms with Gasteiger partial charge in [0.05, 0.1) is 17.9 Å². The molecule has 2 amide bonds. The number of aromatic nitrogens is 4. The van der Waals surface area contributed by atoms with E-state index >= 15 is 0 Å². The van der Waals surface area contributed by atoms with E-state index in [-0.39, 0.29) is 35.4 Å².